The molecule has 1 aliphatic heterocycles. The highest BCUT2D eigenvalue weighted by Gasteiger charge is 2.32. The summed E-state index contributed by atoms with van der Waals surface area (Å²) in [6.07, 6.45) is 2.33. The summed E-state index contributed by atoms with van der Waals surface area (Å²) in [7, 11) is 0. The quantitative estimate of drug-likeness (QED) is 0.754. The zero-order valence-corrected chi connectivity index (χ0v) is 14.2. The number of nitrogens with two attached hydrogens (primary N) is 1. The average molecular weight is 300 g/mol. The zero-order valence-electron chi connectivity index (χ0n) is 14.2. The third-order valence-electron chi connectivity index (χ3n) is 4.05. The number of carbonyl (C=O) groups is 1. The Morgan fingerprint density at radius 3 is 2.52 bits per heavy atom. The largest absolute Gasteiger partial charge is 0.353 e. The van der Waals surface area contributed by atoms with Crippen LogP contribution < -0.4 is 11.1 Å². The van der Waals surface area contributed by atoms with Gasteiger partial charge in [-0.3, -0.25) is 4.79 Å². The summed E-state index contributed by atoms with van der Waals surface area (Å²) in [6.45, 7) is 12.1. The van der Waals surface area contributed by atoms with Gasteiger partial charge in [-0.2, -0.15) is 0 Å². The molecule has 1 saturated heterocycles. The Labute approximate surface area is 128 Å². The van der Waals surface area contributed by atoms with Crippen molar-refractivity contribution in [1.82, 2.24) is 5.32 Å². The Morgan fingerprint density at radius 2 is 2.05 bits per heavy atom. The van der Waals surface area contributed by atoms with Crippen LogP contribution in [0.3, 0.4) is 0 Å². The highest BCUT2D eigenvalue weighted by atomic mass is 16.7. The standard InChI is InChI=1S/C16H32N2O3/c1-15(2,3)12(8-9-17)6-7-14(19)18-10-13-11-20-16(4,5)21-13/h12-13H,6-11,17H2,1-5H3,(H,18,19). The van der Waals surface area contributed by atoms with Gasteiger partial charge in [-0.1, -0.05) is 20.8 Å². The van der Waals surface area contributed by atoms with Crippen molar-refractivity contribution in [1.29, 1.82) is 0 Å². The zero-order chi connectivity index (χ0) is 16.1. The normalized spacial score (nSPS) is 23.0. The molecule has 0 bridgehead atoms. The molecule has 1 heterocycles. The molecule has 0 aliphatic carbocycles. The van der Waals surface area contributed by atoms with Crippen LogP contribution in [0.4, 0.5) is 0 Å². The summed E-state index contributed by atoms with van der Waals surface area (Å²) in [5, 5.41) is 2.94. The molecule has 1 fully saturated rings. The Bertz CT molecular complexity index is 337. The Balaban J connectivity index is 2.27. The van der Waals surface area contributed by atoms with Gasteiger partial charge in [0.1, 0.15) is 6.10 Å². The second kappa shape index (κ2) is 7.56. The van der Waals surface area contributed by atoms with Crippen LogP contribution in [0, 0.1) is 11.3 Å². The van der Waals surface area contributed by atoms with E-state index in [0.717, 1.165) is 12.8 Å². The van der Waals surface area contributed by atoms with Crippen LogP contribution in [-0.4, -0.2) is 37.5 Å². The van der Waals surface area contributed by atoms with Gasteiger partial charge in [0.15, 0.2) is 5.79 Å². The summed E-state index contributed by atoms with van der Waals surface area (Å²) < 4.78 is 11.1. The molecule has 5 nitrogen and oxygen atoms in total. The molecule has 21 heavy (non-hydrogen) atoms. The summed E-state index contributed by atoms with van der Waals surface area (Å²) >= 11 is 0. The first-order valence-electron chi connectivity index (χ1n) is 7.92. The van der Waals surface area contributed by atoms with Crippen LogP contribution in [0.1, 0.15) is 53.9 Å². The van der Waals surface area contributed by atoms with E-state index in [1.807, 2.05) is 13.8 Å². The van der Waals surface area contributed by atoms with E-state index in [-0.39, 0.29) is 17.4 Å². The number of rotatable bonds is 7. The number of hydrogen-bond donors (Lipinski definition) is 2. The summed E-state index contributed by atoms with van der Waals surface area (Å²) in [6, 6.07) is 0. The van der Waals surface area contributed by atoms with Crippen molar-refractivity contribution >= 4 is 5.91 Å². The van der Waals surface area contributed by atoms with E-state index in [4.69, 9.17) is 15.2 Å². The van der Waals surface area contributed by atoms with Gasteiger partial charge in [0.05, 0.1) is 6.61 Å². The molecular formula is C16H32N2O3. The number of amides is 1. The average Bonchev–Trinajstić information content (AvgIpc) is 2.70. The second-order valence-corrected chi connectivity index (χ2v) is 7.43. The predicted molar refractivity (Wildman–Crippen MR) is 83.8 cm³/mol. The SMILES string of the molecule is CC1(C)OCC(CNC(=O)CCC(CCN)C(C)(C)C)O1. The maximum Gasteiger partial charge on any atom is 0.220 e. The first-order valence-corrected chi connectivity index (χ1v) is 7.92. The van der Waals surface area contributed by atoms with Gasteiger partial charge < -0.3 is 20.5 Å². The summed E-state index contributed by atoms with van der Waals surface area (Å²) in [4.78, 5) is 12.0. The van der Waals surface area contributed by atoms with Crippen LogP contribution in [0.15, 0.2) is 0 Å². The van der Waals surface area contributed by atoms with Gasteiger partial charge in [-0.25, -0.2) is 0 Å². The molecule has 1 rings (SSSR count). The van der Waals surface area contributed by atoms with E-state index in [1.54, 1.807) is 0 Å². The molecule has 124 valence electrons. The number of carbonyl (C=O) groups excluding carboxylic acids is 1. The molecule has 3 N–H and O–H groups in total. The lowest BCUT2D eigenvalue weighted by atomic mass is 9.76. The van der Waals surface area contributed by atoms with Crippen molar-refractivity contribution in [3.63, 3.8) is 0 Å². The second-order valence-electron chi connectivity index (χ2n) is 7.43. The van der Waals surface area contributed by atoms with Gasteiger partial charge in [0.25, 0.3) is 0 Å². The highest BCUT2D eigenvalue weighted by molar-refractivity contribution is 5.75. The molecule has 5 heteroatoms. The van der Waals surface area contributed by atoms with Crippen molar-refractivity contribution in [3.05, 3.63) is 0 Å². The Kier molecular flexibility index (Phi) is 6.63. The van der Waals surface area contributed by atoms with Gasteiger partial charge in [0.2, 0.25) is 5.91 Å². The minimum atomic E-state index is -0.534. The minimum absolute atomic E-state index is 0.0496. The molecule has 0 radical (unpaired) electrons. The van der Waals surface area contributed by atoms with E-state index < -0.39 is 5.79 Å². The van der Waals surface area contributed by atoms with Gasteiger partial charge in [-0.05, 0) is 44.6 Å². The van der Waals surface area contributed by atoms with E-state index in [0.29, 0.717) is 32.0 Å². The molecule has 0 aromatic rings. The van der Waals surface area contributed by atoms with Crippen LogP contribution in [-0.2, 0) is 14.3 Å². The van der Waals surface area contributed by atoms with E-state index in [9.17, 15) is 4.79 Å². The van der Waals surface area contributed by atoms with Gasteiger partial charge in [-0.15, -0.1) is 0 Å². The first-order chi connectivity index (χ1) is 9.64. The van der Waals surface area contributed by atoms with E-state index >= 15 is 0 Å². The Morgan fingerprint density at radius 1 is 1.38 bits per heavy atom. The third kappa shape index (κ3) is 6.76. The lowest BCUT2D eigenvalue weighted by Gasteiger charge is -2.30. The van der Waals surface area contributed by atoms with Crippen LogP contribution >= 0.6 is 0 Å². The summed E-state index contributed by atoms with van der Waals surface area (Å²) in [5.41, 5.74) is 5.85. The van der Waals surface area contributed by atoms with Gasteiger partial charge >= 0.3 is 0 Å². The molecule has 0 saturated carbocycles. The van der Waals surface area contributed by atoms with E-state index in [1.165, 1.54) is 0 Å². The molecule has 0 spiro atoms. The van der Waals surface area contributed by atoms with Crippen LogP contribution in [0.25, 0.3) is 0 Å². The maximum atomic E-state index is 12.0. The highest BCUT2D eigenvalue weighted by Crippen LogP contribution is 2.32. The number of hydrogen-bond acceptors (Lipinski definition) is 4. The Hall–Kier alpha value is -0.650. The fourth-order valence-corrected chi connectivity index (χ4v) is 2.70. The lowest BCUT2D eigenvalue weighted by molar-refractivity contribution is -0.139. The maximum absolute atomic E-state index is 12.0. The smallest absolute Gasteiger partial charge is 0.220 e. The molecule has 2 unspecified atom stereocenters. The summed E-state index contributed by atoms with van der Waals surface area (Å²) in [5.74, 6) is 0.0150. The topological polar surface area (TPSA) is 73.6 Å². The van der Waals surface area contributed by atoms with Crippen molar-refractivity contribution < 1.29 is 14.3 Å². The molecule has 2 atom stereocenters. The fourth-order valence-electron chi connectivity index (χ4n) is 2.70. The monoisotopic (exact) mass is 300 g/mol. The van der Waals surface area contributed by atoms with Crippen molar-refractivity contribution in [3.8, 4) is 0 Å². The van der Waals surface area contributed by atoms with Crippen molar-refractivity contribution in [2.24, 2.45) is 17.1 Å². The number of nitrogens with one attached hydrogen (secondary N) is 1. The fraction of sp³-hybridized carbons (Fsp3) is 0.938. The predicted octanol–water partition coefficient (Wildman–Crippen LogP) is 2.05. The molecule has 1 amide bonds. The van der Waals surface area contributed by atoms with Crippen LogP contribution in [0.2, 0.25) is 0 Å². The van der Waals surface area contributed by atoms with Crippen LogP contribution in [0.5, 0.6) is 0 Å². The molecule has 0 aromatic carbocycles. The first kappa shape index (κ1) is 18.4. The third-order valence-corrected chi connectivity index (χ3v) is 4.05. The van der Waals surface area contributed by atoms with Crippen molar-refractivity contribution in [2.45, 2.75) is 65.8 Å². The van der Waals surface area contributed by atoms with E-state index in [2.05, 4.69) is 26.1 Å². The van der Waals surface area contributed by atoms with Crippen molar-refractivity contribution in [2.75, 3.05) is 19.7 Å². The number of ether oxygens (including phenoxy) is 2. The van der Waals surface area contributed by atoms with Gasteiger partial charge in [0, 0.05) is 13.0 Å². The molecule has 0 aromatic heterocycles. The molecular weight excluding hydrogens is 268 g/mol. The lowest BCUT2D eigenvalue weighted by Crippen LogP contribution is -2.35. The molecule has 1 aliphatic rings. The minimum Gasteiger partial charge on any atom is -0.353 e.